The van der Waals surface area contributed by atoms with Crippen molar-refractivity contribution in [2.75, 3.05) is 7.11 Å². The number of hydrogen-bond donors (Lipinski definition) is 0. The van der Waals surface area contributed by atoms with E-state index in [1.54, 1.807) is 17.9 Å². The zero-order valence-corrected chi connectivity index (χ0v) is 15.9. The van der Waals surface area contributed by atoms with E-state index < -0.39 is 0 Å². The smallest absolute Gasteiger partial charge is 0.263 e. The van der Waals surface area contributed by atoms with E-state index in [4.69, 9.17) is 4.74 Å². The molecule has 2 heterocycles. The van der Waals surface area contributed by atoms with Gasteiger partial charge in [0.25, 0.3) is 5.56 Å². The van der Waals surface area contributed by atoms with Crippen molar-refractivity contribution >= 4 is 21.7 Å². The first-order valence-corrected chi connectivity index (χ1v) is 9.39. The molecule has 0 aliphatic heterocycles. The molecule has 0 unspecified atom stereocenters. The topological polar surface area (TPSA) is 44.1 Å². The van der Waals surface area contributed by atoms with E-state index in [1.165, 1.54) is 0 Å². The molecule has 3 aromatic carbocycles. The van der Waals surface area contributed by atoms with E-state index in [0.29, 0.717) is 5.39 Å². The molecule has 4 nitrogen and oxygen atoms in total. The van der Waals surface area contributed by atoms with Gasteiger partial charge in [-0.1, -0.05) is 48.5 Å². The summed E-state index contributed by atoms with van der Waals surface area (Å²) in [6.07, 6.45) is 1.75. The summed E-state index contributed by atoms with van der Waals surface area (Å²) in [5.74, 6) is 0.723. The first kappa shape index (κ1) is 17.2. The minimum atomic E-state index is -0.0813. The van der Waals surface area contributed by atoms with Crippen LogP contribution in [0, 0.1) is 0 Å². The maximum atomic E-state index is 13.7. The van der Waals surface area contributed by atoms with Crippen molar-refractivity contribution < 1.29 is 4.74 Å². The highest BCUT2D eigenvalue weighted by atomic mass is 16.5. The Morgan fingerprint density at radius 2 is 1.66 bits per heavy atom. The number of nitrogens with zero attached hydrogens (tertiary/aromatic N) is 2. The number of aromatic nitrogens is 2. The van der Waals surface area contributed by atoms with Gasteiger partial charge >= 0.3 is 0 Å². The normalized spacial score (nSPS) is 11.1. The minimum Gasteiger partial charge on any atom is -0.497 e. The van der Waals surface area contributed by atoms with Gasteiger partial charge in [0.1, 0.15) is 5.75 Å². The fraction of sp³-hybridized carbons (Fsp3) is 0.0400. The van der Waals surface area contributed by atoms with Crippen LogP contribution in [0.15, 0.2) is 95.9 Å². The lowest BCUT2D eigenvalue weighted by molar-refractivity contribution is 0.415. The number of rotatable bonds is 3. The van der Waals surface area contributed by atoms with Gasteiger partial charge in [0, 0.05) is 17.0 Å². The van der Waals surface area contributed by atoms with Gasteiger partial charge in [-0.15, -0.1) is 0 Å². The monoisotopic (exact) mass is 378 g/mol. The van der Waals surface area contributed by atoms with Gasteiger partial charge in [0.05, 0.1) is 24.0 Å². The van der Waals surface area contributed by atoms with E-state index in [-0.39, 0.29) is 5.56 Å². The SMILES string of the molecule is COc1ccc2c(=O)n(-c3cccc4cccnc34)c(-c3ccccc3)cc2c1. The Morgan fingerprint density at radius 1 is 0.828 bits per heavy atom. The maximum absolute atomic E-state index is 13.7. The number of benzene rings is 3. The molecule has 0 bridgehead atoms. The molecule has 5 aromatic rings. The van der Waals surface area contributed by atoms with E-state index >= 15 is 0 Å². The highest BCUT2D eigenvalue weighted by Gasteiger charge is 2.15. The lowest BCUT2D eigenvalue weighted by atomic mass is 10.0. The van der Waals surface area contributed by atoms with Gasteiger partial charge in [-0.2, -0.15) is 0 Å². The van der Waals surface area contributed by atoms with Gasteiger partial charge in [-0.05, 0) is 47.3 Å². The second-order valence-corrected chi connectivity index (χ2v) is 6.84. The highest BCUT2D eigenvalue weighted by molar-refractivity contribution is 5.91. The molecular weight excluding hydrogens is 360 g/mol. The van der Waals surface area contributed by atoms with Gasteiger partial charge < -0.3 is 4.74 Å². The Balaban J connectivity index is 1.93. The minimum absolute atomic E-state index is 0.0813. The summed E-state index contributed by atoms with van der Waals surface area (Å²) >= 11 is 0. The summed E-state index contributed by atoms with van der Waals surface area (Å²) in [4.78, 5) is 18.2. The Kier molecular flexibility index (Phi) is 4.10. The third-order valence-electron chi connectivity index (χ3n) is 5.15. The number of pyridine rings is 2. The maximum Gasteiger partial charge on any atom is 0.263 e. The quantitative estimate of drug-likeness (QED) is 0.433. The molecule has 29 heavy (non-hydrogen) atoms. The predicted molar refractivity (Wildman–Crippen MR) is 117 cm³/mol. The van der Waals surface area contributed by atoms with Gasteiger partial charge in [0.15, 0.2) is 0 Å². The molecule has 0 aliphatic carbocycles. The van der Waals surface area contributed by atoms with E-state index in [1.807, 2.05) is 84.9 Å². The summed E-state index contributed by atoms with van der Waals surface area (Å²) in [6, 6.07) is 27.3. The summed E-state index contributed by atoms with van der Waals surface area (Å²) in [5, 5.41) is 2.47. The average molecular weight is 378 g/mol. The number of fused-ring (bicyclic) bond motifs is 2. The summed E-state index contributed by atoms with van der Waals surface area (Å²) in [7, 11) is 1.63. The fourth-order valence-corrected chi connectivity index (χ4v) is 3.75. The summed E-state index contributed by atoms with van der Waals surface area (Å²) < 4.78 is 7.12. The molecule has 0 atom stereocenters. The van der Waals surface area contributed by atoms with Crippen molar-refractivity contribution in [3.8, 4) is 22.7 Å². The zero-order chi connectivity index (χ0) is 19.8. The van der Waals surface area contributed by atoms with Crippen LogP contribution in [-0.4, -0.2) is 16.7 Å². The average Bonchev–Trinajstić information content (AvgIpc) is 2.79. The van der Waals surface area contributed by atoms with Gasteiger partial charge in [-0.3, -0.25) is 14.3 Å². The standard InChI is InChI=1S/C25H18N2O2/c1-29-20-12-13-21-19(15-20)16-23(17-7-3-2-4-8-17)27(25(21)28)22-11-5-9-18-10-6-14-26-24(18)22/h2-16H,1H3. The van der Waals surface area contributed by atoms with Crippen LogP contribution in [-0.2, 0) is 0 Å². The van der Waals surface area contributed by atoms with E-state index in [0.717, 1.165) is 39.0 Å². The first-order valence-electron chi connectivity index (χ1n) is 9.39. The molecule has 4 heteroatoms. The van der Waals surface area contributed by atoms with Crippen molar-refractivity contribution in [1.82, 2.24) is 9.55 Å². The lowest BCUT2D eigenvalue weighted by Gasteiger charge is -2.16. The molecule has 0 spiro atoms. The Hall–Kier alpha value is -3.92. The Bertz CT molecular complexity index is 1400. The number of ether oxygens (including phenoxy) is 1. The van der Waals surface area contributed by atoms with E-state index in [9.17, 15) is 4.79 Å². The van der Waals surface area contributed by atoms with Gasteiger partial charge in [0.2, 0.25) is 0 Å². The van der Waals surface area contributed by atoms with Crippen LogP contribution >= 0.6 is 0 Å². The van der Waals surface area contributed by atoms with E-state index in [2.05, 4.69) is 4.98 Å². The molecule has 5 rings (SSSR count). The van der Waals surface area contributed by atoms with Crippen molar-refractivity contribution in [2.24, 2.45) is 0 Å². The molecule has 0 amide bonds. The predicted octanol–water partition coefficient (Wildman–Crippen LogP) is 5.21. The second kappa shape index (κ2) is 6.91. The van der Waals surface area contributed by atoms with Crippen LogP contribution in [0.2, 0.25) is 0 Å². The highest BCUT2D eigenvalue weighted by Crippen LogP contribution is 2.29. The first-order chi connectivity index (χ1) is 14.3. The molecule has 0 radical (unpaired) electrons. The molecule has 2 aromatic heterocycles. The van der Waals surface area contributed by atoms with Crippen LogP contribution in [0.5, 0.6) is 5.75 Å². The Morgan fingerprint density at radius 3 is 2.48 bits per heavy atom. The van der Waals surface area contributed by atoms with Crippen molar-refractivity contribution in [3.05, 3.63) is 101 Å². The van der Waals surface area contributed by atoms with Crippen LogP contribution in [0.4, 0.5) is 0 Å². The third kappa shape index (κ3) is 2.86. The van der Waals surface area contributed by atoms with Crippen molar-refractivity contribution in [1.29, 1.82) is 0 Å². The molecular formula is C25H18N2O2. The van der Waals surface area contributed by atoms with Crippen LogP contribution in [0.25, 0.3) is 38.6 Å². The molecule has 0 saturated heterocycles. The summed E-state index contributed by atoms with van der Waals surface area (Å²) in [6.45, 7) is 0. The Labute approximate surface area is 167 Å². The van der Waals surface area contributed by atoms with Crippen molar-refractivity contribution in [2.45, 2.75) is 0 Å². The van der Waals surface area contributed by atoms with Crippen LogP contribution < -0.4 is 10.3 Å². The lowest BCUT2D eigenvalue weighted by Crippen LogP contribution is -2.21. The molecule has 140 valence electrons. The number of methoxy groups -OCH3 is 1. The zero-order valence-electron chi connectivity index (χ0n) is 15.9. The third-order valence-corrected chi connectivity index (χ3v) is 5.15. The summed E-state index contributed by atoms with van der Waals surface area (Å²) in [5.41, 5.74) is 3.26. The molecule has 0 saturated carbocycles. The number of hydrogen-bond acceptors (Lipinski definition) is 3. The molecule has 0 aliphatic rings. The van der Waals surface area contributed by atoms with Gasteiger partial charge in [-0.25, -0.2) is 0 Å². The van der Waals surface area contributed by atoms with Crippen molar-refractivity contribution in [3.63, 3.8) is 0 Å². The molecule has 0 fully saturated rings. The second-order valence-electron chi connectivity index (χ2n) is 6.84. The van der Waals surface area contributed by atoms with Crippen LogP contribution in [0.1, 0.15) is 0 Å². The molecule has 0 N–H and O–H groups in total. The number of para-hydroxylation sites is 1. The largest absolute Gasteiger partial charge is 0.497 e. The van der Waals surface area contributed by atoms with Crippen LogP contribution in [0.3, 0.4) is 0 Å². The fourth-order valence-electron chi connectivity index (χ4n) is 3.75.